The lowest BCUT2D eigenvalue weighted by Crippen LogP contribution is -2.00. The summed E-state index contributed by atoms with van der Waals surface area (Å²) in [4.78, 5) is 0. The summed E-state index contributed by atoms with van der Waals surface area (Å²) in [5.41, 5.74) is 9.88. The van der Waals surface area contributed by atoms with Crippen molar-refractivity contribution in [3.8, 4) is 16.3 Å². The maximum atomic E-state index is 5.63. The van der Waals surface area contributed by atoms with Gasteiger partial charge in [-0.15, -0.1) is 10.2 Å². The van der Waals surface area contributed by atoms with Crippen LogP contribution in [0.5, 0.6) is 0 Å². The Morgan fingerprint density at radius 2 is 1.95 bits per heavy atom. The lowest BCUT2D eigenvalue weighted by atomic mass is 10.2. The van der Waals surface area contributed by atoms with Gasteiger partial charge in [-0.25, -0.2) is 4.68 Å². The van der Waals surface area contributed by atoms with Crippen LogP contribution in [-0.4, -0.2) is 20.0 Å². The molecule has 2 N–H and O–H groups in total. The maximum Gasteiger partial charge on any atom is 0.203 e. The Bertz CT molecular complexity index is 728. The quantitative estimate of drug-likeness (QED) is 0.777. The van der Waals surface area contributed by atoms with Gasteiger partial charge in [0.25, 0.3) is 0 Å². The number of rotatable bonds is 2. The molecule has 0 atom stereocenters. The van der Waals surface area contributed by atoms with Crippen molar-refractivity contribution in [2.24, 2.45) is 0 Å². The van der Waals surface area contributed by atoms with Crippen LogP contribution in [0.25, 0.3) is 16.3 Å². The van der Waals surface area contributed by atoms with Crippen LogP contribution in [0.3, 0.4) is 0 Å². The molecule has 0 aliphatic heterocycles. The zero-order valence-corrected chi connectivity index (χ0v) is 11.5. The summed E-state index contributed by atoms with van der Waals surface area (Å²) < 4.78 is 1.92. The minimum absolute atomic E-state index is 0.470. The van der Waals surface area contributed by atoms with Crippen LogP contribution in [0.2, 0.25) is 0 Å². The summed E-state index contributed by atoms with van der Waals surface area (Å²) >= 11 is 1.37. The molecule has 0 unspecified atom stereocenters. The fraction of sp³-hybridized carbons (Fsp3) is 0.154. The molecule has 0 aliphatic rings. The third-order valence-corrected chi connectivity index (χ3v) is 3.81. The van der Waals surface area contributed by atoms with Gasteiger partial charge in [0.1, 0.15) is 0 Å². The lowest BCUT2D eigenvalue weighted by molar-refractivity contribution is 0.840. The van der Waals surface area contributed by atoms with Crippen LogP contribution >= 0.6 is 11.3 Å². The Morgan fingerprint density at radius 1 is 1.16 bits per heavy atom. The first kappa shape index (κ1) is 11.9. The van der Waals surface area contributed by atoms with Crippen LogP contribution in [0.1, 0.15) is 11.3 Å². The van der Waals surface area contributed by atoms with Crippen LogP contribution in [0, 0.1) is 13.8 Å². The van der Waals surface area contributed by atoms with Gasteiger partial charge in [0, 0.05) is 0 Å². The van der Waals surface area contributed by atoms with Gasteiger partial charge >= 0.3 is 0 Å². The SMILES string of the molecule is Cc1ccccc1-n1ncc(-c2nnc(N)s2)c1C. The van der Waals surface area contributed by atoms with Crippen molar-refractivity contribution >= 4 is 16.5 Å². The number of nitrogen functional groups attached to an aromatic ring is 1. The first-order valence-electron chi connectivity index (χ1n) is 5.87. The van der Waals surface area contributed by atoms with Crippen molar-refractivity contribution in [2.45, 2.75) is 13.8 Å². The number of aromatic nitrogens is 4. The highest BCUT2D eigenvalue weighted by Gasteiger charge is 2.14. The van der Waals surface area contributed by atoms with E-state index in [1.807, 2.05) is 36.0 Å². The molecule has 2 aromatic heterocycles. The molecule has 0 amide bonds. The second kappa shape index (κ2) is 4.47. The second-order valence-corrected chi connectivity index (χ2v) is 5.30. The molecule has 0 bridgehead atoms. The number of hydrogen-bond acceptors (Lipinski definition) is 5. The molecule has 6 heteroatoms. The minimum Gasteiger partial charge on any atom is -0.374 e. The van der Waals surface area contributed by atoms with Gasteiger partial charge in [-0.05, 0) is 25.5 Å². The summed E-state index contributed by atoms with van der Waals surface area (Å²) in [6.45, 7) is 4.09. The normalized spacial score (nSPS) is 10.8. The van der Waals surface area contributed by atoms with Gasteiger partial charge in [-0.3, -0.25) is 0 Å². The van der Waals surface area contributed by atoms with E-state index >= 15 is 0 Å². The third kappa shape index (κ3) is 2.00. The van der Waals surface area contributed by atoms with Gasteiger partial charge in [-0.1, -0.05) is 29.5 Å². The van der Waals surface area contributed by atoms with Crippen LogP contribution in [0.15, 0.2) is 30.5 Å². The Morgan fingerprint density at radius 3 is 2.63 bits per heavy atom. The Hall–Kier alpha value is -2.21. The van der Waals surface area contributed by atoms with E-state index in [4.69, 9.17) is 5.73 Å². The number of nitrogens with zero attached hydrogens (tertiary/aromatic N) is 4. The number of aryl methyl sites for hydroxylation is 1. The van der Waals surface area contributed by atoms with Crippen molar-refractivity contribution in [3.63, 3.8) is 0 Å². The van der Waals surface area contributed by atoms with Crippen molar-refractivity contribution in [3.05, 3.63) is 41.7 Å². The van der Waals surface area contributed by atoms with E-state index < -0.39 is 0 Å². The molecular weight excluding hydrogens is 258 g/mol. The number of nitrogens with two attached hydrogens (primary N) is 1. The molecule has 5 nitrogen and oxygen atoms in total. The molecule has 0 spiro atoms. The highest BCUT2D eigenvalue weighted by atomic mass is 32.1. The van der Waals surface area contributed by atoms with E-state index in [0.717, 1.165) is 22.0 Å². The zero-order valence-electron chi connectivity index (χ0n) is 10.7. The fourth-order valence-corrected chi connectivity index (χ4v) is 2.68. The Labute approximate surface area is 114 Å². The monoisotopic (exact) mass is 271 g/mol. The van der Waals surface area contributed by atoms with Gasteiger partial charge in [0.2, 0.25) is 5.13 Å². The van der Waals surface area contributed by atoms with E-state index in [0.29, 0.717) is 5.13 Å². The van der Waals surface area contributed by atoms with Gasteiger partial charge < -0.3 is 5.73 Å². The summed E-state index contributed by atoms with van der Waals surface area (Å²) in [6, 6.07) is 8.14. The average molecular weight is 271 g/mol. The van der Waals surface area contributed by atoms with E-state index in [1.165, 1.54) is 16.9 Å². The van der Waals surface area contributed by atoms with Crippen LogP contribution in [0.4, 0.5) is 5.13 Å². The van der Waals surface area contributed by atoms with Gasteiger partial charge in [-0.2, -0.15) is 5.10 Å². The second-order valence-electron chi connectivity index (χ2n) is 4.29. The summed E-state index contributed by atoms with van der Waals surface area (Å²) in [5, 5.41) is 13.6. The molecule has 3 rings (SSSR count). The maximum absolute atomic E-state index is 5.63. The summed E-state index contributed by atoms with van der Waals surface area (Å²) in [6.07, 6.45) is 1.81. The molecule has 0 fully saturated rings. The average Bonchev–Trinajstić information content (AvgIpc) is 2.97. The van der Waals surface area contributed by atoms with Crippen molar-refractivity contribution in [1.29, 1.82) is 0 Å². The first-order valence-corrected chi connectivity index (χ1v) is 6.68. The van der Waals surface area contributed by atoms with E-state index in [9.17, 15) is 0 Å². The van der Waals surface area contributed by atoms with E-state index in [-0.39, 0.29) is 0 Å². The standard InChI is InChI=1S/C13H13N5S/c1-8-5-3-4-6-11(8)18-9(2)10(7-15-18)12-16-17-13(14)19-12/h3-7H,1-2H3,(H2,14,17). The largest absolute Gasteiger partial charge is 0.374 e. The first-order chi connectivity index (χ1) is 9.16. The molecule has 0 saturated heterocycles. The zero-order chi connectivity index (χ0) is 13.4. The van der Waals surface area contributed by atoms with Crippen molar-refractivity contribution in [1.82, 2.24) is 20.0 Å². The number of benzene rings is 1. The highest BCUT2D eigenvalue weighted by Crippen LogP contribution is 2.29. The van der Waals surface area contributed by atoms with E-state index in [2.05, 4.69) is 28.3 Å². The molecule has 19 heavy (non-hydrogen) atoms. The lowest BCUT2D eigenvalue weighted by Gasteiger charge is -2.07. The Balaban J connectivity index is 2.12. The molecule has 2 heterocycles. The molecule has 0 aliphatic carbocycles. The molecular formula is C13H13N5S. The van der Waals surface area contributed by atoms with Crippen LogP contribution in [-0.2, 0) is 0 Å². The van der Waals surface area contributed by atoms with Gasteiger partial charge in [0.05, 0.1) is 23.1 Å². The number of hydrogen-bond donors (Lipinski definition) is 1. The Kier molecular flexibility index (Phi) is 2.79. The predicted octanol–water partition coefficient (Wildman–Crippen LogP) is 2.59. The minimum atomic E-state index is 0.470. The predicted molar refractivity (Wildman–Crippen MR) is 76.4 cm³/mol. The number of para-hydroxylation sites is 1. The van der Waals surface area contributed by atoms with Crippen LogP contribution < -0.4 is 5.73 Å². The summed E-state index contributed by atoms with van der Waals surface area (Å²) in [7, 11) is 0. The van der Waals surface area contributed by atoms with E-state index in [1.54, 1.807) is 0 Å². The fourth-order valence-electron chi connectivity index (χ4n) is 2.01. The molecule has 0 radical (unpaired) electrons. The van der Waals surface area contributed by atoms with Gasteiger partial charge in [0.15, 0.2) is 5.01 Å². The van der Waals surface area contributed by atoms with Crippen molar-refractivity contribution in [2.75, 3.05) is 5.73 Å². The molecule has 1 aromatic carbocycles. The molecule has 0 saturated carbocycles. The number of anilines is 1. The smallest absolute Gasteiger partial charge is 0.203 e. The molecule has 3 aromatic rings. The van der Waals surface area contributed by atoms with Crippen molar-refractivity contribution < 1.29 is 0 Å². The highest BCUT2D eigenvalue weighted by molar-refractivity contribution is 7.18. The topological polar surface area (TPSA) is 69.6 Å². The molecule has 96 valence electrons. The summed E-state index contributed by atoms with van der Waals surface area (Å²) in [5.74, 6) is 0. The third-order valence-electron chi connectivity index (χ3n) is 3.02.